The molecule has 1 fully saturated rings. The van der Waals surface area contributed by atoms with E-state index in [0.717, 1.165) is 23.6 Å². The molecule has 3 N–H and O–H groups in total. The number of anilines is 1. The first-order chi connectivity index (χ1) is 12.1. The second-order valence-corrected chi connectivity index (χ2v) is 5.87. The molecule has 132 valence electrons. The van der Waals surface area contributed by atoms with Gasteiger partial charge in [0.15, 0.2) is 0 Å². The van der Waals surface area contributed by atoms with Crippen molar-refractivity contribution < 1.29 is 14.3 Å². The first kappa shape index (κ1) is 16.8. The third-order valence-corrected chi connectivity index (χ3v) is 3.98. The van der Waals surface area contributed by atoms with Gasteiger partial charge < -0.3 is 15.4 Å². The van der Waals surface area contributed by atoms with Crippen LogP contribution in [0.3, 0.4) is 0 Å². The van der Waals surface area contributed by atoms with Crippen molar-refractivity contribution in [2.24, 2.45) is 0 Å². The molecule has 1 atom stereocenters. The number of benzene rings is 1. The SMILES string of the molecule is COc1ccc(-n2nc(C)cc2NC(=O)N[C@H]2CCCNC2=O)cc1. The number of ether oxygens (including phenoxy) is 1. The number of methoxy groups -OCH3 is 1. The van der Waals surface area contributed by atoms with Crippen LogP contribution in [0.4, 0.5) is 10.6 Å². The highest BCUT2D eigenvalue weighted by atomic mass is 16.5. The lowest BCUT2D eigenvalue weighted by Gasteiger charge is -2.22. The molecule has 0 aliphatic carbocycles. The normalized spacial score (nSPS) is 16.9. The molecule has 3 amide bonds. The van der Waals surface area contributed by atoms with E-state index in [0.29, 0.717) is 18.8 Å². The van der Waals surface area contributed by atoms with Crippen molar-refractivity contribution in [1.82, 2.24) is 20.4 Å². The Hall–Kier alpha value is -3.03. The standard InChI is InChI=1S/C17H21N5O3/c1-11-10-15(20-17(24)19-14-4-3-9-18-16(14)23)22(21-11)12-5-7-13(25-2)8-6-12/h5-8,10,14H,3-4,9H2,1-2H3,(H,18,23)(H2,19,20,24)/t14-/m0/s1. The number of carbonyl (C=O) groups excluding carboxylic acids is 2. The zero-order valence-corrected chi connectivity index (χ0v) is 14.2. The Morgan fingerprint density at radius 3 is 2.80 bits per heavy atom. The van der Waals surface area contributed by atoms with Crippen LogP contribution in [0.15, 0.2) is 30.3 Å². The Labute approximate surface area is 145 Å². The first-order valence-corrected chi connectivity index (χ1v) is 8.13. The predicted octanol–water partition coefficient (Wildman–Crippen LogP) is 1.59. The summed E-state index contributed by atoms with van der Waals surface area (Å²) in [6.45, 7) is 2.50. The van der Waals surface area contributed by atoms with Crippen molar-refractivity contribution in [2.75, 3.05) is 19.0 Å². The second kappa shape index (κ2) is 7.25. The summed E-state index contributed by atoms with van der Waals surface area (Å²) >= 11 is 0. The maximum Gasteiger partial charge on any atom is 0.321 e. The van der Waals surface area contributed by atoms with Gasteiger partial charge >= 0.3 is 6.03 Å². The summed E-state index contributed by atoms with van der Waals surface area (Å²) in [6, 6.07) is 8.17. The Morgan fingerprint density at radius 2 is 2.12 bits per heavy atom. The molecule has 8 nitrogen and oxygen atoms in total. The van der Waals surface area contributed by atoms with E-state index in [9.17, 15) is 9.59 Å². The van der Waals surface area contributed by atoms with Gasteiger partial charge in [0.05, 0.1) is 18.5 Å². The van der Waals surface area contributed by atoms with Crippen molar-refractivity contribution in [2.45, 2.75) is 25.8 Å². The minimum atomic E-state index is -0.507. The summed E-state index contributed by atoms with van der Waals surface area (Å²) in [6.07, 6.45) is 1.48. The van der Waals surface area contributed by atoms with Gasteiger partial charge in [0, 0.05) is 12.6 Å². The summed E-state index contributed by atoms with van der Waals surface area (Å²) < 4.78 is 6.79. The van der Waals surface area contributed by atoms with Crippen LogP contribution in [0.2, 0.25) is 0 Å². The van der Waals surface area contributed by atoms with E-state index in [-0.39, 0.29) is 5.91 Å². The van der Waals surface area contributed by atoms with Crippen LogP contribution in [0.1, 0.15) is 18.5 Å². The zero-order chi connectivity index (χ0) is 17.8. The molecule has 0 bridgehead atoms. The Balaban J connectivity index is 1.73. The van der Waals surface area contributed by atoms with Crippen LogP contribution >= 0.6 is 0 Å². The first-order valence-electron chi connectivity index (χ1n) is 8.13. The Kier molecular flexibility index (Phi) is 4.87. The van der Waals surface area contributed by atoms with Crippen molar-refractivity contribution in [1.29, 1.82) is 0 Å². The van der Waals surface area contributed by atoms with Gasteiger partial charge in [-0.1, -0.05) is 0 Å². The molecule has 1 aromatic heterocycles. The minimum absolute atomic E-state index is 0.152. The molecular weight excluding hydrogens is 322 g/mol. The highest BCUT2D eigenvalue weighted by Crippen LogP contribution is 2.20. The summed E-state index contributed by atoms with van der Waals surface area (Å²) in [5.41, 5.74) is 1.56. The van der Waals surface area contributed by atoms with Crippen LogP contribution in [-0.4, -0.2) is 41.4 Å². The third kappa shape index (κ3) is 3.90. The number of nitrogens with one attached hydrogen (secondary N) is 3. The van der Waals surface area contributed by atoms with Gasteiger partial charge in [0.1, 0.15) is 17.6 Å². The van der Waals surface area contributed by atoms with Gasteiger partial charge in [-0.3, -0.25) is 10.1 Å². The fraction of sp³-hybridized carbons (Fsp3) is 0.353. The molecular formula is C17H21N5O3. The highest BCUT2D eigenvalue weighted by Gasteiger charge is 2.24. The van der Waals surface area contributed by atoms with Crippen LogP contribution in [0.25, 0.3) is 5.69 Å². The predicted molar refractivity (Wildman–Crippen MR) is 93.0 cm³/mol. The lowest BCUT2D eigenvalue weighted by Crippen LogP contribution is -2.51. The maximum absolute atomic E-state index is 12.3. The number of amides is 3. The summed E-state index contributed by atoms with van der Waals surface area (Å²) in [5.74, 6) is 1.11. The Morgan fingerprint density at radius 1 is 1.36 bits per heavy atom. The van der Waals surface area contributed by atoms with Gasteiger partial charge in [-0.2, -0.15) is 5.10 Å². The van der Waals surface area contributed by atoms with E-state index in [4.69, 9.17) is 4.74 Å². The van der Waals surface area contributed by atoms with E-state index >= 15 is 0 Å². The molecule has 0 radical (unpaired) electrons. The molecule has 8 heteroatoms. The van der Waals surface area contributed by atoms with Crippen LogP contribution < -0.4 is 20.7 Å². The molecule has 25 heavy (non-hydrogen) atoms. The number of piperidine rings is 1. The number of hydrogen-bond acceptors (Lipinski definition) is 4. The number of urea groups is 1. The van der Waals surface area contributed by atoms with Gasteiger partial charge in [0.25, 0.3) is 0 Å². The number of carbonyl (C=O) groups is 2. The number of hydrogen-bond donors (Lipinski definition) is 3. The van der Waals surface area contributed by atoms with Crippen LogP contribution in [0.5, 0.6) is 5.75 Å². The fourth-order valence-corrected chi connectivity index (χ4v) is 2.73. The quantitative estimate of drug-likeness (QED) is 0.785. The van der Waals surface area contributed by atoms with Crippen LogP contribution in [0, 0.1) is 6.92 Å². The number of aryl methyl sites for hydroxylation is 1. The van der Waals surface area contributed by atoms with Gasteiger partial charge in [-0.05, 0) is 44.0 Å². The van der Waals surface area contributed by atoms with Gasteiger partial charge in [-0.25, -0.2) is 9.48 Å². The molecule has 0 spiro atoms. The number of aromatic nitrogens is 2. The summed E-state index contributed by atoms with van der Waals surface area (Å²) in [5, 5.41) is 12.6. The molecule has 1 saturated heterocycles. The molecule has 1 aromatic carbocycles. The topological polar surface area (TPSA) is 97.3 Å². The second-order valence-electron chi connectivity index (χ2n) is 5.87. The van der Waals surface area contributed by atoms with Crippen molar-refractivity contribution in [3.63, 3.8) is 0 Å². The van der Waals surface area contributed by atoms with E-state index in [2.05, 4.69) is 21.0 Å². The molecule has 1 aliphatic rings. The number of nitrogens with zero attached hydrogens (tertiary/aromatic N) is 2. The monoisotopic (exact) mass is 343 g/mol. The Bertz CT molecular complexity index is 769. The van der Waals surface area contributed by atoms with E-state index in [1.165, 1.54) is 0 Å². The largest absolute Gasteiger partial charge is 0.497 e. The maximum atomic E-state index is 12.3. The summed E-state index contributed by atoms with van der Waals surface area (Å²) in [7, 11) is 1.60. The van der Waals surface area contributed by atoms with Crippen LogP contribution in [-0.2, 0) is 4.79 Å². The smallest absolute Gasteiger partial charge is 0.321 e. The molecule has 3 rings (SSSR count). The third-order valence-electron chi connectivity index (χ3n) is 3.98. The fourth-order valence-electron chi connectivity index (χ4n) is 2.73. The molecule has 2 aromatic rings. The van der Waals surface area contributed by atoms with Crippen molar-refractivity contribution in [3.05, 3.63) is 36.0 Å². The average Bonchev–Trinajstić information content (AvgIpc) is 2.97. The molecule has 0 saturated carbocycles. The minimum Gasteiger partial charge on any atom is -0.497 e. The molecule has 0 unspecified atom stereocenters. The van der Waals surface area contributed by atoms with E-state index < -0.39 is 12.1 Å². The van der Waals surface area contributed by atoms with Gasteiger partial charge in [-0.15, -0.1) is 0 Å². The zero-order valence-electron chi connectivity index (χ0n) is 14.2. The van der Waals surface area contributed by atoms with Crippen molar-refractivity contribution in [3.8, 4) is 11.4 Å². The summed E-state index contributed by atoms with van der Waals surface area (Å²) in [4.78, 5) is 24.0. The number of rotatable bonds is 4. The average molecular weight is 343 g/mol. The van der Waals surface area contributed by atoms with Gasteiger partial charge in [0.2, 0.25) is 5.91 Å². The highest BCUT2D eigenvalue weighted by molar-refractivity contribution is 5.93. The molecule has 2 heterocycles. The lowest BCUT2D eigenvalue weighted by atomic mass is 10.1. The van der Waals surface area contributed by atoms with Crippen molar-refractivity contribution >= 4 is 17.8 Å². The lowest BCUT2D eigenvalue weighted by molar-refractivity contribution is -0.124. The van der Waals surface area contributed by atoms with E-state index in [1.54, 1.807) is 17.9 Å². The van der Waals surface area contributed by atoms with E-state index in [1.807, 2.05) is 31.2 Å². The molecule has 1 aliphatic heterocycles.